The average molecular weight is 235 g/mol. The maximum absolute atomic E-state index is 10.8. The van der Waals surface area contributed by atoms with Crippen molar-refractivity contribution in [3.8, 4) is 0 Å². The van der Waals surface area contributed by atoms with Crippen LogP contribution in [-0.4, -0.2) is 29.1 Å². The molecule has 3 nitrogen and oxygen atoms in total. The van der Waals surface area contributed by atoms with Gasteiger partial charge >= 0.3 is 5.97 Å². The Morgan fingerprint density at radius 3 is 2.53 bits per heavy atom. The molecule has 0 amide bonds. The molecular formula is C14H21NO2. The van der Waals surface area contributed by atoms with Gasteiger partial charge in [0, 0.05) is 6.04 Å². The van der Waals surface area contributed by atoms with Crippen LogP contribution in [0.5, 0.6) is 0 Å². The summed E-state index contributed by atoms with van der Waals surface area (Å²) in [7, 11) is 0. The van der Waals surface area contributed by atoms with Crippen molar-refractivity contribution in [1.29, 1.82) is 0 Å². The molecule has 0 aliphatic carbocycles. The van der Waals surface area contributed by atoms with Gasteiger partial charge in [-0.3, -0.25) is 9.69 Å². The number of benzene rings is 1. The van der Waals surface area contributed by atoms with Crippen LogP contribution in [0.3, 0.4) is 0 Å². The summed E-state index contributed by atoms with van der Waals surface area (Å²) in [4.78, 5) is 12.8. The van der Waals surface area contributed by atoms with Gasteiger partial charge in [0.25, 0.3) is 0 Å². The fourth-order valence-electron chi connectivity index (χ4n) is 2.19. The number of likely N-dealkylation sites (N-methyl/N-ethyl adjacent to an activating group) is 1. The van der Waals surface area contributed by atoms with Crippen LogP contribution in [0.15, 0.2) is 18.2 Å². The van der Waals surface area contributed by atoms with Crippen molar-refractivity contribution in [2.75, 3.05) is 13.1 Å². The molecule has 1 rings (SSSR count). The fraction of sp³-hybridized carbons (Fsp3) is 0.500. The van der Waals surface area contributed by atoms with Crippen molar-refractivity contribution < 1.29 is 9.90 Å². The first-order valence-electron chi connectivity index (χ1n) is 5.98. The van der Waals surface area contributed by atoms with Gasteiger partial charge in [-0.15, -0.1) is 0 Å². The van der Waals surface area contributed by atoms with Gasteiger partial charge in [-0.2, -0.15) is 0 Å². The van der Waals surface area contributed by atoms with Gasteiger partial charge in [-0.1, -0.05) is 30.7 Å². The molecule has 1 aromatic rings. The summed E-state index contributed by atoms with van der Waals surface area (Å²) in [6.07, 6.45) is 0. The van der Waals surface area contributed by atoms with E-state index in [1.807, 2.05) is 11.8 Å². The predicted octanol–water partition coefficient (Wildman–Crippen LogP) is 2.77. The van der Waals surface area contributed by atoms with Gasteiger partial charge < -0.3 is 5.11 Å². The lowest BCUT2D eigenvalue weighted by molar-refractivity contribution is -0.138. The zero-order valence-electron chi connectivity index (χ0n) is 11.0. The van der Waals surface area contributed by atoms with Crippen LogP contribution < -0.4 is 0 Å². The average Bonchev–Trinajstić information content (AvgIpc) is 2.24. The van der Waals surface area contributed by atoms with Crippen molar-refractivity contribution in [3.05, 3.63) is 34.9 Å². The Bertz CT molecular complexity index is 401. The minimum atomic E-state index is -0.775. The van der Waals surface area contributed by atoms with E-state index >= 15 is 0 Å². The maximum Gasteiger partial charge on any atom is 0.317 e. The Balaban J connectivity index is 2.93. The SMILES string of the molecule is CCN(CC(=O)O)C(C)c1ccc(C)cc1C. The molecule has 1 N–H and O–H groups in total. The summed E-state index contributed by atoms with van der Waals surface area (Å²) < 4.78 is 0. The number of carbonyl (C=O) groups is 1. The zero-order chi connectivity index (χ0) is 13.0. The van der Waals surface area contributed by atoms with Crippen molar-refractivity contribution in [3.63, 3.8) is 0 Å². The molecule has 0 bridgehead atoms. The molecule has 0 aliphatic rings. The predicted molar refractivity (Wildman–Crippen MR) is 69.2 cm³/mol. The maximum atomic E-state index is 10.8. The summed E-state index contributed by atoms with van der Waals surface area (Å²) in [5.41, 5.74) is 3.67. The van der Waals surface area contributed by atoms with Crippen LogP contribution in [0.2, 0.25) is 0 Å². The van der Waals surface area contributed by atoms with E-state index < -0.39 is 5.97 Å². The molecule has 1 aromatic carbocycles. The molecule has 3 heteroatoms. The number of aliphatic carboxylic acids is 1. The quantitative estimate of drug-likeness (QED) is 0.853. The van der Waals surface area contributed by atoms with Gasteiger partial charge in [0.1, 0.15) is 0 Å². The van der Waals surface area contributed by atoms with E-state index in [-0.39, 0.29) is 12.6 Å². The summed E-state index contributed by atoms with van der Waals surface area (Å²) in [6, 6.07) is 6.45. The number of rotatable bonds is 5. The van der Waals surface area contributed by atoms with E-state index in [1.165, 1.54) is 16.7 Å². The third-order valence-electron chi connectivity index (χ3n) is 3.17. The van der Waals surface area contributed by atoms with E-state index in [9.17, 15) is 4.79 Å². The number of carboxylic acids is 1. The van der Waals surface area contributed by atoms with Crippen molar-refractivity contribution in [2.45, 2.75) is 33.7 Å². The van der Waals surface area contributed by atoms with Crippen LogP contribution in [0.4, 0.5) is 0 Å². The molecule has 0 aliphatic heterocycles. The van der Waals surface area contributed by atoms with Crippen LogP contribution in [0.25, 0.3) is 0 Å². The first kappa shape index (κ1) is 13.7. The first-order chi connectivity index (χ1) is 7.95. The second kappa shape index (κ2) is 5.82. The van der Waals surface area contributed by atoms with E-state index in [4.69, 9.17) is 5.11 Å². The highest BCUT2D eigenvalue weighted by Crippen LogP contribution is 2.23. The molecule has 0 heterocycles. The van der Waals surface area contributed by atoms with Gasteiger partial charge in [0.2, 0.25) is 0 Å². The molecule has 0 spiro atoms. The standard InChI is InChI=1S/C14H21NO2/c1-5-15(9-14(16)17)12(4)13-7-6-10(2)8-11(13)3/h6-8,12H,5,9H2,1-4H3,(H,16,17). The Hall–Kier alpha value is -1.35. The molecule has 94 valence electrons. The molecule has 0 fully saturated rings. The number of hydrogen-bond acceptors (Lipinski definition) is 2. The third kappa shape index (κ3) is 3.56. The highest BCUT2D eigenvalue weighted by atomic mass is 16.4. The van der Waals surface area contributed by atoms with E-state index in [2.05, 4.69) is 39.0 Å². The Kier molecular flexibility index (Phi) is 4.70. The summed E-state index contributed by atoms with van der Waals surface area (Å²) in [5.74, 6) is -0.775. The highest BCUT2D eigenvalue weighted by Gasteiger charge is 2.18. The smallest absolute Gasteiger partial charge is 0.317 e. The summed E-state index contributed by atoms with van der Waals surface area (Å²) in [5, 5.41) is 8.88. The lowest BCUT2D eigenvalue weighted by Gasteiger charge is -2.27. The second-order valence-electron chi connectivity index (χ2n) is 4.49. The van der Waals surface area contributed by atoms with E-state index in [1.54, 1.807) is 0 Å². The van der Waals surface area contributed by atoms with Crippen LogP contribution >= 0.6 is 0 Å². The molecular weight excluding hydrogens is 214 g/mol. The van der Waals surface area contributed by atoms with Crippen molar-refractivity contribution >= 4 is 5.97 Å². The van der Waals surface area contributed by atoms with Crippen LogP contribution in [-0.2, 0) is 4.79 Å². The lowest BCUT2D eigenvalue weighted by atomic mass is 9.99. The van der Waals surface area contributed by atoms with Crippen molar-refractivity contribution in [2.24, 2.45) is 0 Å². The third-order valence-corrected chi connectivity index (χ3v) is 3.17. The molecule has 0 radical (unpaired) electrons. The Labute approximate surface area is 103 Å². The minimum Gasteiger partial charge on any atom is -0.480 e. The number of aryl methyl sites for hydroxylation is 2. The zero-order valence-corrected chi connectivity index (χ0v) is 11.0. The monoisotopic (exact) mass is 235 g/mol. The van der Waals surface area contributed by atoms with Crippen LogP contribution in [0.1, 0.15) is 36.6 Å². The Morgan fingerprint density at radius 1 is 1.41 bits per heavy atom. The summed E-state index contributed by atoms with van der Waals surface area (Å²) >= 11 is 0. The fourth-order valence-corrected chi connectivity index (χ4v) is 2.19. The molecule has 0 saturated heterocycles. The number of hydrogen-bond donors (Lipinski definition) is 1. The normalized spacial score (nSPS) is 12.8. The topological polar surface area (TPSA) is 40.5 Å². The van der Waals surface area contributed by atoms with Gasteiger partial charge in [-0.25, -0.2) is 0 Å². The highest BCUT2D eigenvalue weighted by molar-refractivity contribution is 5.69. The van der Waals surface area contributed by atoms with Crippen molar-refractivity contribution in [1.82, 2.24) is 4.90 Å². The molecule has 1 unspecified atom stereocenters. The first-order valence-corrected chi connectivity index (χ1v) is 5.98. The molecule has 0 saturated carbocycles. The largest absolute Gasteiger partial charge is 0.480 e. The lowest BCUT2D eigenvalue weighted by Crippen LogP contribution is -2.32. The molecule has 17 heavy (non-hydrogen) atoms. The van der Waals surface area contributed by atoms with Gasteiger partial charge in [0.15, 0.2) is 0 Å². The molecule has 1 atom stereocenters. The Morgan fingerprint density at radius 2 is 2.06 bits per heavy atom. The molecule has 0 aromatic heterocycles. The van der Waals surface area contributed by atoms with E-state index in [0.29, 0.717) is 0 Å². The van der Waals surface area contributed by atoms with Gasteiger partial charge in [-0.05, 0) is 38.4 Å². The van der Waals surface area contributed by atoms with E-state index in [0.717, 1.165) is 6.54 Å². The van der Waals surface area contributed by atoms with Gasteiger partial charge in [0.05, 0.1) is 6.54 Å². The number of carboxylic acid groups (broad SMARTS) is 1. The summed E-state index contributed by atoms with van der Waals surface area (Å²) in [6.45, 7) is 9.02. The number of nitrogens with zero attached hydrogens (tertiary/aromatic N) is 1. The second-order valence-corrected chi connectivity index (χ2v) is 4.49. The minimum absolute atomic E-state index is 0.0883. The van der Waals surface area contributed by atoms with Crippen LogP contribution in [0, 0.1) is 13.8 Å².